The van der Waals surface area contributed by atoms with E-state index in [-0.39, 0.29) is 11.8 Å². The Balaban J connectivity index is 2.63. The molecule has 1 unspecified atom stereocenters. The van der Waals surface area contributed by atoms with Gasteiger partial charge in [-0.2, -0.15) is 0 Å². The summed E-state index contributed by atoms with van der Waals surface area (Å²) < 4.78 is 0. The predicted molar refractivity (Wildman–Crippen MR) is 46.7 cm³/mol. The monoisotopic (exact) mass is 167 g/mol. The Labute approximate surface area is 72.0 Å². The summed E-state index contributed by atoms with van der Waals surface area (Å²) in [6, 6.07) is -0.0844. The Kier molecular flexibility index (Phi) is 2.53. The number of allylic oxidation sites excluding steroid dienone is 2. The SMILES string of the molecule is CC(=O)CN1C=CC=C(O)C1C. The highest BCUT2D eigenvalue weighted by molar-refractivity contribution is 5.77. The maximum atomic E-state index is 10.8. The lowest BCUT2D eigenvalue weighted by Crippen LogP contribution is -2.34. The number of nitrogens with zero attached hydrogens (tertiary/aromatic N) is 1. The van der Waals surface area contributed by atoms with E-state index in [0.29, 0.717) is 12.3 Å². The van der Waals surface area contributed by atoms with Gasteiger partial charge in [-0.15, -0.1) is 0 Å². The predicted octanol–water partition coefficient (Wildman–Crippen LogP) is 1.24. The van der Waals surface area contributed by atoms with Gasteiger partial charge < -0.3 is 10.0 Å². The fraction of sp³-hybridized carbons (Fsp3) is 0.444. The molecule has 0 radical (unpaired) electrons. The van der Waals surface area contributed by atoms with Crippen LogP contribution in [-0.4, -0.2) is 28.4 Å². The van der Waals surface area contributed by atoms with Gasteiger partial charge in [0.2, 0.25) is 0 Å². The molecule has 1 N–H and O–H groups in total. The highest BCUT2D eigenvalue weighted by atomic mass is 16.3. The van der Waals surface area contributed by atoms with Gasteiger partial charge in [0.15, 0.2) is 0 Å². The van der Waals surface area contributed by atoms with Crippen LogP contribution in [0.2, 0.25) is 0 Å². The van der Waals surface area contributed by atoms with Crippen LogP contribution in [-0.2, 0) is 4.79 Å². The van der Waals surface area contributed by atoms with E-state index >= 15 is 0 Å². The van der Waals surface area contributed by atoms with Crippen molar-refractivity contribution in [3.63, 3.8) is 0 Å². The molecule has 1 heterocycles. The third kappa shape index (κ3) is 1.87. The smallest absolute Gasteiger partial charge is 0.149 e. The van der Waals surface area contributed by atoms with Crippen LogP contribution in [0.3, 0.4) is 0 Å². The van der Waals surface area contributed by atoms with Gasteiger partial charge in [0.25, 0.3) is 0 Å². The minimum Gasteiger partial charge on any atom is -0.510 e. The molecule has 0 aliphatic carbocycles. The minimum absolute atomic E-state index is 0.0844. The molecule has 0 amide bonds. The summed E-state index contributed by atoms with van der Waals surface area (Å²) in [6.07, 6.45) is 5.19. The van der Waals surface area contributed by atoms with E-state index in [1.807, 2.05) is 13.1 Å². The second-order valence-corrected chi connectivity index (χ2v) is 2.98. The molecule has 12 heavy (non-hydrogen) atoms. The Morgan fingerprint density at radius 2 is 2.42 bits per heavy atom. The zero-order valence-corrected chi connectivity index (χ0v) is 7.32. The third-order valence-electron chi connectivity index (χ3n) is 1.88. The first-order valence-corrected chi connectivity index (χ1v) is 3.94. The summed E-state index contributed by atoms with van der Waals surface area (Å²) >= 11 is 0. The van der Waals surface area contributed by atoms with Gasteiger partial charge in [-0.25, -0.2) is 0 Å². The van der Waals surface area contributed by atoms with Crippen LogP contribution in [0.4, 0.5) is 0 Å². The summed E-state index contributed by atoms with van der Waals surface area (Å²) in [5.41, 5.74) is 0. The van der Waals surface area contributed by atoms with Gasteiger partial charge in [-0.05, 0) is 26.0 Å². The van der Waals surface area contributed by atoms with E-state index in [4.69, 9.17) is 0 Å². The molecule has 0 aromatic rings. The Hall–Kier alpha value is -1.25. The van der Waals surface area contributed by atoms with Crippen molar-refractivity contribution in [3.8, 4) is 0 Å². The van der Waals surface area contributed by atoms with Crippen LogP contribution >= 0.6 is 0 Å². The number of Topliss-reactive ketones (excluding diaryl/α,β-unsaturated/α-hetero) is 1. The number of carbonyl (C=O) groups excluding carboxylic acids is 1. The Bertz CT molecular complexity index is 243. The topological polar surface area (TPSA) is 40.5 Å². The molecule has 3 heteroatoms. The number of hydrogen-bond donors (Lipinski definition) is 1. The molecule has 1 rings (SSSR count). The zero-order chi connectivity index (χ0) is 9.14. The molecule has 0 bridgehead atoms. The van der Waals surface area contributed by atoms with Gasteiger partial charge in [0.05, 0.1) is 12.6 Å². The molecule has 3 nitrogen and oxygen atoms in total. The van der Waals surface area contributed by atoms with Crippen LogP contribution in [0.5, 0.6) is 0 Å². The van der Waals surface area contributed by atoms with Gasteiger partial charge in [0.1, 0.15) is 11.5 Å². The van der Waals surface area contributed by atoms with Crippen LogP contribution in [0.25, 0.3) is 0 Å². The summed E-state index contributed by atoms with van der Waals surface area (Å²) in [4.78, 5) is 12.6. The third-order valence-corrected chi connectivity index (χ3v) is 1.88. The average molecular weight is 167 g/mol. The van der Waals surface area contributed by atoms with Gasteiger partial charge in [-0.1, -0.05) is 0 Å². The number of rotatable bonds is 2. The molecular weight excluding hydrogens is 154 g/mol. The highest BCUT2D eigenvalue weighted by Crippen LogP contribution is 2.12. The number of aliphatic hydroxyl groups excluding tert-OH is 1. The number of ketones is 1. The summed E-state index contributed by atoms with van der Waals surface area (Å²) in [7, 11) is 0. The maximum absolute atomic E-state index is 10.8. The summed E-state index contributed by atoms with van der Waals surface area (Å²) in [5.74, 6) is 0.403. The van der Waals surface area contributed by atoms with Crippen molar-refractivity contribution in [2.75, 3.05) is 6.54 Å². The molecule has 66 valence electrons. The first-order valence-electron chi connectivity index (χ1n) is 3.94. The van der Waals surface area contributed by atoms with E-state index in [2.05, 4.69) is 0 Å². The lowest BCUT2D eigenvalue weighted by atomic mass is 10.1. The molecule has 0 aromatic carbocycles. The fourth-order valence-corrected chi connectivity index (χ4v) is 1.14. The lowest BCUT2D eigenvalue weighted by molar-refractivity contribution is -0.117. The number of carbonyl (C=O) groups is 1. The molecular formula is C9H13NO2. The van der Waals surface area contributed by atoms with Crippen molar-refractivity contribution in [1.29, 1.82) is 0 Å². The van der Waals surface area contributed by atoms with Crippen molar-refractivity contribution in [1.82, 2.24) is 4.90 Å². The van der Waals surface area contributed by atoms with Crippen molar-refractivity contribution < 1.29 is 9.90 Å². The molecule has 1 atom stereocenters. The highest BCUT2D eigenvalue weighted by Gasteiger charge is 2.17. The van der Waals surface area contributed by atoms with E-state index in [1.54, 1.807) is 17.1 Å². The van der Waals surface area contributed by atoms with Crippen molar-refractivity contribution in [2.45, 2.75) is 19.9 Å². The normalized spacial score (nSPS) is 22.3. The lowest BCUT2D eigenvalue weighted by Gasteiger charge is -2.28. The quantitative estimate of drug-likeness (QED) is 0.672. The Morgan fingerprint density at radius 1 is 1.75 bits per heavy atom. The van der Waals surface area contributed by atoms with Crippen molar-refractivity contribution in [3.05, 3.63) is 24.1 Å². The van der Waals surface area contributed by atoms with Gasteiger partial charge >= 0.3 is 0 Å². The molecule has 0 saturated carbocycles. The van der Waals surface area contributed by atoms with Crippen LogP contribution in [0, 0.1) is 0 Å². The van der Waals surface area contributed by atoms with Crippen molar-refractivity contribution >= 4 is 5.78 Å². The van der Waals surface area contributed by atoms with E-state index < -0.39 is 0 Å². The van der Waals surface area contributed by atoms with Crippen LogP contribution < -0.4 is 0 Å². The Morgan fingerprint density at radius 3 is 3.00 bits per heavy atom. The molecule has 0 aromatic heterocycles. The second kappa shape index (κ2) is 3.43. The maximum Gasteiger partial charge on any atom is 0.149 e. The van der Waals surface area contributed by atoms with E-state index in [1.165, 1.54) is 6.92 Å². The van der Waals surface area contributed by atoms with Crippen molar-refractivity contribution in [2.24, 2.45) is 0 Å². The van der Waals surface area contributed by atoms with Crippen LogP contribution in [0.1, 0.15) is 13.8 Å². The van der Waals surface area contributed by atoms with E-state index in [0.717, 1.165) is 0 Å². The second-order valence-electron chi connectivity index (χ2n) is 2.98. The first kappa shape index (κ1) is 8.84. The number of hydrogen-bond acceptors (Lipinski definition) is 3. The molecule has 1 aliphatic rings. The fourth-order valence-electron chi connectivity index (χ4n) is 1.14. The standard InChI is InChI=1S/C9H13NO2/c1-7(11)6-10-5-3-4-9(12)8(10)2/h3-5,8,12H,6H2,1-2H3. The summed E-state index contributed by atoms with van der Waals surface area (Å²) in [5, 5.41) is 9.32. The van der Waals surface area contributed by atoms with E-state index in [9.17, 15) is 9.90 Å². The molecule has 1 aliphatic heterocycles. The summed E-state index contributed by atoms with van der Waals surface area (Å²) in [6.45, 7) is 3.75. The molecule has 0 fully saturated rings. The van der Waals surface area contributed by atoms with Crippen LogP contribution in [0.15, 0.2) is 24.1 Å². The molecule has 0 saturated heterocycles. The number of aliphatic hydroxyl groups is 1. The average Bonchev–Trinajstić information content (AvgIpc) is 1.98. The van der Waals surface area contributed by atoms with Gasteiger partial charge in [-0.3, -0.25) is 4.79 Å². The first-order chi connectivity index (χ1) is 5.61. The minimum atomic E-state index is -0.0844. The zero-order valence-electron chi connectivity index (χ0n) is 7.32. The largest absolute Gasteiger partial charge is 0.510 e. The molecule has 0 spiro atoms. The van der Waals surface area contributed by atoms with Gasteiger partial charge in [0, 0.05) is 6.20 Å².